The van der Waals surface area contributed by atoms with Gasteiger partial charge in [-0.15, -0.1) is 0 Å². The van der Waals surface area contributed by atoms with Gasteiger partial charge in [0, 0.05) is 12.4 Å². The molecule has 2 aromatic heterocycles. The van der Waals surface area contributed by atoms with Crippen molar-refractivity contribution in [3.8, 4) is 0 Å². The molecule has 0 aliphatic carbocycles. The van der Waals surface area contributed by atoms with Gasteiger partial charge in [-0.2, -0.15) is 5.10 Å². The van der Waals surface area contributed by atoms with Gasteiger partial charge in [-0.3, -0.25) is 9.78 Å². The molecule has 1 saturated heterocycles. The lowest BCUT2D eigenvalue weighted by atomic mass is 9.95. The number of carboxylic acids is 1. The van der Waals surface area contributed by atoms with Crippen LogP contribution in [-0.2, 0) is 9.53 Å². The first kappa shape index (κ1) is 13.5. The van der Waals surface area contributed by atoms with Crippen LogP contribution in [-0.4, -0.2) is 61.8 Å². The van der Waals surface area contributed by atoms with Crippen LogP contribution in [0, 0.1) is 0 Å². The third-order valence-corrected chi connectivity index (χ3v) is 3.44. The number of rotatable bonds is 4. The Bertz CT molecular complexity index is 705. The molecule has 21 heavy (non-hydrogen) atoms. The summed E-state index contributed by atoms with van der Waals surface area (Å²) >= 11 is 0. The number of hydrogen-bond donors (Lipinski definition) is 1. The molecule has 3 rings (SSSR count). The first-order valence-corrected chi connectivity index (χ1v) is 6.41. The predicted molar refractivity (Wildman–Crippen MR) is 70.9 cm³/mol. The number of fused-ring (bicyclic) bond motifs is 1. The van der Waals surface area contributed by atoms with Crippen molar-refractivity contribution in [2.75, 3.05) is 19.7 Å². The van der Waals surface area contributed by atoms with Gasteiger partial charge in [0.1, 0.15) is 12.2 Å². The van der Waals surface area contributed by atoms with Crippen LogP contribution in [0.5, 0.6) is 0 Å². The van der Waals surface area contributed by atoms with Crippen LogP contribution >= 0.6 is 0 Å². The fourth-order valence-corrected chi connectivity index (χ4v) is 2.40. The molecular weight excluding hydrogens is 276 g/mol. The third-order valence-electron chi connectivity index (χ3n) is 3.44. The Labute approximate surface area is 119 Å². The van der Waals surface area contributed by atoms with Crippen LogP contribution in [0.25, 0.3) is 5.52 Å². The van der Waals surface area contributed by atoms with Crippen LogP contribution in [0.4, 0.5) is 0 Å². The Hall–Kier alpha value is -2.48. The largest absolute Gasteiger partial charge is 0.480 e. The Morgan fingerprint density at radius 3 is 2.90 bits per heavy atom. The minimum absolute atomic E-state index is 0.158. The van der Waals surface area contributed by atoms with Gasteiger partial charge in [-0.1, -0.05) is 0 Å². The van der Waals surface area contributed by atoms with Gasteiger partial charge in [0.15, 0.2) is 0 Å². The number of carboxylic acid groups (broad SMARTS) is 1. The van der Waals surface area contributed by atoms with Crippen molar-refractivity contribution in [3.63, 3.8) is 0 Å². The van der Waals surface area contributed by atoms with Gasteiger partial charge in [-0.05, 0) is 6.92 Å². The Morgan fingerprint density at radius 2 is 2.19 bits per heavy atom. The van der Waals surface area contributed by atoms with E-state index < -0.39 is 11.6 Å². The van der Waals surface area contributed by atoms with E-state index in [1.165, 1.54) is 6.20 Å². The highest BCUT2D eigenvalue weighted by molar-refractivity contribution is 6.01. The van der Waals surface area contributed by atoms with E-state index in [0.29, 0.717) is 24.2 Å². The molecule has 110 valence electrons. The molecule has 1 N–H and O–H groups in total. The molecule has 1 aliphatic heterocycles. The summed E-state index contributed by atoms with van der Waals surface area (Å²) in [6, 6.07) is 0. The summed E-state index contributed by atoms with van der Waals surface area (Å²) in [7, 11) is 0. The topological polar surface area (TPSA) is 97.0 Å². The number of aliphatic carboxylic acids is 1. The number of hydrogen-bond acceptors (Lipinski definition) is 5. The maximum atomic E-state index is 12.4. The first-order chi connectivity index (χ1) is 9.98. The van der Waals surface area contributed by atoms with Gasteiger partial charge in [0.05, 0.1) is 36.6 Å². The van der Waals surface area contributed by atoms with E-state index in [1.807, 2.05) is 0 Å². The molecule has 3 heterocycles. The highest BCUT2D eigenvalue weighted by atomic mass is 16.5. The zero-order chi connectivity index (χ0) is 15.0. The summed E-state index contributed by atoms with van der Waals surface area (Å²) < 4.78 is 6.87. The van der Waals surface area contributed by atoms with Gasteiger partial charge in [0.25, 0.3) is 5.91 Å². The maximum Gasteiger partial charge on any atom is 0.329 e. The molecule has 0 atom stereocenters. The van der Waals surface area contributed by atoms with Crippen molar-refractivity contribution < 1.29 is 19.4 Å². The van der Waals surface area contributed by atoms with Crippen LogP contribution in [0.15, 0.2) is 24.8 Å². The Balaban J connectivity index is 1.69. The highest BCUT2D eigenvalue weighted by Gasteiger charge is 2.43. The number of carbonyl (C=O) groups is 2. The molecule has 0 bridgehead atoms. The Morgan fingerprint density at radius 1 is 1.43 bits per heavy atom. The van der Waals surface area contributed by atoms with Crippen molar-refractivity contribution in [2.45, 2.75) is 12.5 Å². The molecule has 0 aromatic carbocycles. The maximum absolute atomic E-state index is 12.4. The molecule has 1 amide bonds. The first-order valence-electron chi connectivity index (χ1n) is 6.41. The molecule has 1 fully saturated rings. The SMILES string of the molecule is CC1(OCC(=O)O)CN(C(=O)c2cnn3ccncc23)C1. The highest BCUT2D eigenvalue weighted by Crippen LogP contribution is 2.27. The number of ether oxygens (including phenoxy) is 1. The van der Waals surface area contributed by atoms with Crippen molar-refractivity contribution in [2.24, 2.45) is 0 Å². The van der Waals surface area contributed by atoms with Crippen molar-refractivity contribution in [1.82, 2.24) is 19.5 Å². The lowest BCUT2D eigenvalue weighted by molar-refractivity contribution is -0.159. The predicted octanol–water partition coefficient (Wildman–Crippen LogP) is 0.0450. The number of amides is 1. The quantitative estimate of drug-likeness (QED) is 0.854. The molecule has 1 aliphatic rings. The van der Waals surface area contributed by atoms with E-state index in [1.54, 1.807) is 34.9 Å². The van der Waals surface area contributed by atoms with Gasteiger partial charge in [0.2, 0.25) is 0 Å². The second-order valence-electron chi connectivity index (χ2n) is 5.26. The van der Waals surface area contributed by atoms with Crippen molar-refractivity contribution in [1.29, 1.82) is 0 Å². The van der Waals surface area contributed by atoms with E-state index in [-0.39, 0.29) is 12.5 Å². The minimum Gasteiger partial charge on any atom is -0.480 e. The number of aromatic nitrogens is 3. The summed E-state index contributed by atoms with van der Waals surface area (Å²) in [5.41, 5.74) is 0.515. The molecule has 2 aromatic rings. The molecule has 0 radical (unpaired) electrons. The fourth-order valence-electron chi connectivity index (χ4n) is 2.40. The second kappa shape index (κ2) is 4.81. The molecular formula is C13H14N4O4. The lowest BCUT2D eigenvalue weighted by Crippen LogP contribution is -2.63. The zero-order valence-corrected chi connectivity index (χ0v) is 11.4. The van der Waals surface area contributed by atoms with E-state index in [4.69, 9.17) is 9.84 Å². The van der Waals surface area contributed by atoms with Crippen molar-refractivity contribution >= 4 is 17.4 Å². The average Bonchev–Trinajstić information content (AvgIpc) is 2.85. The van der Waals surface area contributed by atoms with Crippen LogP contribution in [0.3, 0.4) is 0 Å². The van der Waals surface area contributed by atoms with Gasteiger partial charge < -0.3 is 14.7 Å². The average molecular weight is 290 g/mol. The standard InChI is InChI=1S/C13H14N4O4/c1-13(21-6-11(18)19)7-16(8-13)12(20)9-4-15-17-3-2-14-5-10(9)17/h2-5H,6-8H2,1H3,(H,18,19). The summed E-state index contributed by atoms with van der Waals surface area (Å²) in [6.45, 7) is 2.14. The van der Waals surface area contributed by atoms with Crippen molar-refractivity contribution in [3.05, 3.63) is 30.4 Å². The molecule has 8 nitrogen and oxygen atoms in total. The lowest BCUT2D eigenvalue weighted by Gasteiger charge is -2.47. The Kier molecular flexibility index (Phi) is 3.09. The summed E-state index contributed by atoms with van der Waals surface area (Å²) in [5.74, 6) is -1.18. The van der Waals surface area contributed by atoms with Gasteiger partial charge in [-0.25, -0.2) is 9.31 Å². The number of likely N-dealkylation sites (tertiary alicyclic amines) is 1. The fraction of sp³-hybridized carbons (Fsp3) is 0.385. The number of carbonyl (C=O) groups excluding carboxylic acids is 1. The minimum atomic E-state index is -1.02. The molecule has 0 spiro atoms. The normalized spacial score (nSPS) is 16.7. The second-order valence-corrected chi connectivity index (χ2v) is 5.26. The molecule has 8 heteroatoms. The summed E-state index contributed by atoms with van der Waals surface area (Å²) in [5, 5.41) is 12.7. The smallest absolute Gasteiger partial charge is 0.329 e. The molecule has 0 unspecified atom stereocenters. The van der Waals surface area contributed by atoms with Crippen LogP contribution in [0.1, 0.15) is 17.3 Å². The van der Waals surface area contributed by atoms with Crippen LogP contribution < -0.4 is 0 Å². The summed E-state index contributed by atoms with van der Waals surface area (Å²) in [4.78, 5) is 28.5. The van der Waals surface area contributed by atoms with E-state index >= 15 is 0 Å². The van der Waals surface area contributed by atoms with Crippen LogP contribution in [0.2, 0.25) is 0 Å². The molecule has 0 saturated carbocycles. The van der Waals surface area contributed by atoms with E-state index in [9.17, 15) is 9.59 Å². The van der Waals surface area contributed by atoms with Gasteiger partial charge >= 0.3 is 5.97 Å². The zero-order valence-electron chi connectivity index (χ0n) is 11.4. The number of nitrogens with zero attached hydrogens (tertiary/aromatic N) is 4. The third kappa shape index (κ3) is 2.45. The van der Waals surface area contributed by atoms with E-state index in [2.05, 4.69) is 10.1 Å². The summed E-state index contributed by atoms with van der Waals surface area (Å²) in [6.07, 6.45) is 6.35. The van der Waals surface area contributed by atoms with E-state index in [0.717, 1.165) is 0 Å². The monoisotopic (exact) mass is 290 g/mol.